The first kappa shape index (κ1) is 29.0. The van der Waals surface area contributed by atoms with Gasteiger partial charge in [-0.1, -0.05) is 20.3 Å². The van der Waals surface area contributed by atoms with Crippen LogP contribution in [0.15, 0.2) is 24.3 Å². The molecule has 1 aromatic rings. The Morgan fingerprint density at radius 1 is 1.00 bits per heavy atom. The zero-order chi connectivity index (χ0) is 23.6. The van der Waals surface area contributed by atoms with Crippen LogP contribution in [0.2, 0.25) is 10.6 Å². The van der Waals surface area contributed by atoms with Crippen molar-refractivity contribution in [1.82, 2.24) is 5.32 Å². The molecule has 0 aliphatic heterocycles. The minimum absolute atomic E-state index is 0.0170. The van der Waals surface area contributed by atoms with Crippen molar-refractivity contribution in [2.45, 2.75) is 88.9 Å². The van der Waals surface area contributed by atoms with E-state index in [1.54, 1.807) is 7.11 Å². The molecule has 1 aromatic carbocycles. The predicted octanol–water partition coefficient (Wildman–Crippen LogP) is 6.15. The molecular formula is C26H45CrNO4. The zero-order valence-corrected chi connectivity index (χ0v) is 22.1. The molecule has 0 saturated heterocycles. The Labute approximate surface area is 202 Å². The fourth-order valence-corrected chi connectivity index (χ4v) is 4.66. The van der Waals surface area contributed by atoms with Crippen molar-refractivity contribution in [3.63, 3.8) is 0 Å². The van der Waals surface area contributed by atoms with Gasteiger partial charge in [0.15, 0.2) is 0 Å². The number of carbonyl (C=O) groups excluding carboxylic acids is 1. The molecule has 0 aliphatic rings. The SMILES string of the molecule is CC[CH2][Cr][CH2]CC(OC)C(C)NC(=O)c1ccc(OCCCCCCOCC(C)C)cc1. The fourth-order valence-electron chi connectivity index (χ4n) is 3.27. The summed E-state index contributed by atoms with van der Waals surface area (Å²) in [6, 6.07) is 7.39. The minimum atomic E-state index is -0.0649. The molecule has 0 aliphatic carbocycles. The van der Waals surface area contributed by atoms with E-state index in [4.69, 9.17) is 14.2 Å². The zero-order valence-electron chi connectivity index (χ0n) is 20.9. The van der Waals surface area contributed by atoms with Gasteiger partial charge in [-0.25, -0.2) is 0 Å². The number of nitrogens with one attached hydrogen (secondary N) is 1. The molecule has 6 heteroatoms. The van der Waals surface area contributed by atoms with Gasteiger partial charge >= 0.3 is 139 Å². The van der Waals surface area contributed by atoms with Gasteiger partial charge in [-0.15, -0.1) is 0 Å². The molecule has 0 bridgehead atoms. The average molecular weight is 488 g/mol. The first-order valence-corrected chi connectivity index (χ1v) is 14.0. The van der Waals surface area contributed by atoms with Crippen LogP contribution in [-0.2, 0) is 24.7 Å². The van der Waals surface area contributed by atoms with Crippen LogP contribution in [0.4, 0.5) is 0 Å². The van der Waals surface area contributed by atoms with Crippen LogP contribution in [-0.4, -0.2) is 45.0 Å². The second kappa shape index (κ2) is 18.4. The second-order valence-electron chi connectivity index (χ2n) is 8.69. The Hall–Kier alpha value is -1.06. The average Bonchev–Trinajstić information content (AvgIpc) is 2.78. The number of hydrogen-bond acceptors (Lipinski definition) is 4. The standard InChI is InChI=1S/C23H38NO4.C3H7.Cr/c1-6-22(26-5)19(4)24-23(25)20-11-13-21(14-12-20)28-16-10-8-7-9-15-27-17-18(2)3;1-3-2;/h11-14,18-19,22H,1,6-10,15-17H2,2-5H3,(H,24,25);1,3H2,2H3;. The Morgan fingerprint density at radius 2 is 1.69 bits per heavy atom. The van der Waals surface area contributed by atoms with Crippen molar-refractivity contribution >= 4 is 5.91 Å². The van der Waals surface area contributed by atoms with E-state index in [1.807, 2.05) is 31.2 Å². The van der Waals surface area contributed by atoms with Crippen LogP contribution >= 0.6 is 0 Å². The second-order valence-corrected chi connectivity index (χ2v) is 10.6. The number of ether oxygens (including phenoxy) is 3. The molecular weight excluding hydrogens is 442 g/mol. The van der Waals surface area contributed by atoms with Gasteiger partial charge in [0.1, 0.15) is 0 Å². The van der Waals surface area contributed by atoms with Crippen LogP contribution in [0.3, 0.4) is 0 Å². The van der Waals surface area contributed by atoms with E-state index in [9.17, 15) is 4.79 Å². The third kappa shape index (κ3) is 13.5. The fraction of sp³-hybridized carbons (Fsp3) is 0.731. The monoisotopic (exact) mass is 487 g/mol. The van der Waals surface area contributed by atoms with Crippen molar-refractivity contribution in [2.75, 3.05) is 26.9 Å². The molecule has 0 radical (unpaired) electrons. The number of unbranched alkanes of at least 4 members (excludes halogenated alkanes) is 3. The van der Waals surface area contributed by atoms with Crippen molar-refractivity contribution in [3.05, 3.63) is 29.8 Å². The summed E-state index contributed by atoms with van der Waals surface area (Å²) in [7, 11) is 1.73. The van der Waals surface area contributed by atoms with Crippen LogP contribution in [0.5, 0.6) is 5.75 Å². The molecule has 2 unspecified atom stereocenters. The molecule has 5 nitrogen and oxygen atoms in total. The predicted molar refractivity (Wildman–Crippen MR) is 128 cm³/mol. The van der Waals surface area contributed by atoms with Gasteiger partial charge in [-0.2, -0.15) is 0 Å². The van der Waals surface area contributed by atoms with Gasteiger partial charge in [-0.3, -0.25) is 0 Å². The molecule has 0 aromatic heterocycles. The molecule has 0 saturated carbocycles. The molecule has 1 N–H and O–H groups in total. The Balaban J connectivity index is 2.25. The van der Waals surface area contributed by atoms with E-state index in [0.29, 0.717) is 33.3 Å². The van der Waals surface area contributed by atoms with E-state index in [0.717, 1.165) is 44.6 Å². The molecule has 1 amide bonds. The summed E-state index contributed by atoms with van der Waals surface area (Å²) in [6.07, 6.45) is 6.75. The van der Waals surface area contributed by atoms with Gasteiger partial charge < -0.3 is 4.74 Å². The van der Waals surface area contributed by atoms with Gasteiger partial charge in [-0.05, 0) is 25.2 Å². The molecule has 1 rings (SSSR count). The maximum absolute atomic E-state index is 12.6. The summed E-state index contributed by atoms with van der Waals surface area (Å²) in [5.41, 5.74) is 0.649. The van der Waals surface area contributed by atoms with E-state index in [2.05, 4.69) is 26.1 Å². The van der Waals surface area contributed by atoms with E-state index >= 15 is 0 Å². The molecule has 0 heterocycles. The molecule has 184 valence electrons. The number of rotatable bonds is 19. The Kier molecular flexibility index (Phi) is 16.6. The summed E-state index contributed by atoms with van der Waals surface area (Å²) in [5.74, 6) is 1.35. The number of carbonyl (C=O) groups is 1. The van der Waals surface area contributed by atoms with Gasteiger partial charge in [0.2, 0.25) is 0 Å². The van der Waals surface area contributed by atoms with Crippen LogP contribution < -0.4 is 10.1 Å². The van der Waals surface area contributed by atoms with E-state index in [-0.39, 0.29) is 18.1 Å². The van der Waals surface area contributed by atoms with Crippen molar-refractivity contribution in [2.24, 2.45) is 5.92 Å². The Bertz CT molecular complexity index is 594. The molecule has 0 spiro atoms. The Morgan fingerprint density at radius 3 is 2.31 bits per heavy atom. The van der Waals surface area contributed by atoms with Crippen LogP contribution in [0.25, 0.3) is 0 Å². The van der Waals surface area contributed by atoms with Crippen molar-refractivity contribution in [1.29, 1.82) is 0 Å². The number of methoxy groups -OCH3 is 1. The van der Waals surface area contributed by atoms with Crippen molar-refractivity contribution < 1.29 is 34.2 Å². The first-order valence-electron chi connectivity index (χ1n) is 12.2. The number of hydrogen-bond donors (Lipinski definition) is 1. The molecule has 2 atom stereocenters. The summed E-state index contributed by atoms with van der Waals surface area (Å²) in [5, 5.41) is 5.59. The van der Waals surface area contributed by atoms with E-state index in [1.165, 1.54) is 23.4 Å². The van der Waals surface area contributed by atoms with Crippen molar-refractivity contribution in [3.8, 4) is 5.75 Å². The third-order valence-corrected chi connectivity index (χ3v) is 7.04. The molecule has 32 heavy (non-hydrogen) atoms. The topological polar surface area (TPSA) is 56.8 Å². The normalized spacial score (nSPS) is 13.2. The summed E-state index contributed by atoms with van der Waals surface area (Å²) in [4.78, 5) is 12.6. The number of benzene rings is 1. The van der Waals surface area contributed by atoms with Gasteiger partial charge in [0.05, 0.1) is 0 Å². The molecule has 0 fully saturated rings. The van der Waals surface area contributed by atoms with Gasteiger partial charge in [0, 0.05) is 13.2 Å². The van der Waals surface area contributed by atoms with Gasteiger partial charge in [0.25, 0.3) is 0 Å². The quantitative estimate of drug-likeness (QED) is 0.238. The maximum atomic E-state index is 12.6. The van der Waals surface area contributed by atoms with Crippen LogP contribution in [0, 0.1) is 5.92 Å². The first-order chi connectivity index (χ1) is 15.5. The summed E-state index contributed by atoms with van der Waals surface area (Å²) < 4.78 is 17.0. The van der Waals surface area contributed by atoms with E-state index < -0.39 is 0 Å². The third-order valence-electron chi connectivity index (χ3n) is 5.13. The number of amides is 1. The van der Waals surface area contributed by atoms with Crippen LogP contribution in [0.1, 0.15) is 76.6 Å². The summed E-state index contributed by atoms with van der Waals surface area (Å²) >= 11 is 0.674. The summed E-state index contributed by atoms with van der Waals surface area (Å²) in [6.45, 7) is 11.0.